The molecule has 0 atom stereocenters. The van der Waals surface area contributed by atoms with Gasteiger partial charge in [0.25, 0.3) is 0 Å². The van der Waals surface area contributed by atoms with Crippen LogP contribution in [0.5, 0.6) is 23.5 Å². The first kappa shape index (κ1) is 20.9. The first-order chi connectivity index (χ1) is 13.3. The van der Waals surface area contributed by atoms with Crippen LogP contribution < -0.4 is 14.2 Å². The highest BCUT2D eigenvalue weighted by atomic mass is 16.7. The van der Waals surface area contributed by atoms with Crippen LogP contribution in [0.3, 0.4) is 0 Å². The van der Waals surface area contributed by atoms with Crippen LogP contribution in [0.1, 0.15) is 26.5 Å². The van der Waals surface area contributed by atoms with Crippen LogP contribution >= 0.6 is 0 Å². The van der Waals surface area contributed by atoms with Gasteiger partial charge < -0.3 is 23.8 Å². The second kappa shape index (κ2) is 9.49. The van der Waals surface area contributed by atoms with Gasteiger partial charge in [-0.05, 0) is 32.9 Å². The predicted octanol–water partition coefficient (Wildman–Crippen LogP) is 2.37. The molecule has 0 aliphatic heterocycles. The first-order valence-corrected chi connectivity index (χ1v) is 8.28. The van der Waals surface area contributed by atoms with Gasteiger partial charge in [0, 0.05) is 6.20 Å². The molecule has 0 unspecified atom stereocenters. The van der Waals surface area contributed by atoms with Gasteiger partial charge in [0.15, 0.2) is 5.75 Å². The van der Waals surface area contributed by atoms with E-state index in [-0.39, 0.29) is 24.4 Å². The highest BCUT2D eigenvalue weighted by Crippen LogP contribution is 2.24. The Labute approximate surface area is 162 Å². The van der Waals surface area contributed by atoms with Crippen molar-refractivity contribution in [3.8, 4) is 23.5 Å². The third-order valence-corrected chi connectivity index (χ3v) is 2.93. The van der Waals surface area contributed by atoms with Crippen molar-refractivity contribution in [1.82, 2.24) is 15.0 Å². The quantitative estimate of drug-likeness (QED) is 0.380. The van der Waals surface area contributed by atoms with Crippen molar-refractivity contribution in [3.63, 3.8) is 0 Å². The first-order valence-electron chi connectivity index (χ1n) is 8.28. The Morgan fingerprint density at radius 2 is 1.86 bits per heavy atom. The summed E-state index contributed by atoms with van der Waals surface area (Å²) in [5, 5.41) is 3.72. The highest BCUT2D eigenvalue weighted by molar-refractivity contribution is 5.80. The number of oxime groups is 1. The zero-order valence-electron chi connectivity index (χ0n) is 16.3. The van der Waals surface area contributed by atoms with E-state index in [9.17, 15) is 4.79 Å². The molecule has 2 aromatic rings. The number of carbonyl (C=O) groups is 1. The monoisotopic (exact) mass is 390 g/mol. The number of pyridine rings is 1. The number of hydrogen-bond donors (Lipinski definition) is 0. The van der Waals surface area contributed by atoms with Crippen LogP contribution in [0, 0.1) is 0 Å². The van der Waals surface area contributed by atoms with Gasteiger partial charge in [0.05, 0.1) is 26.5 Å². The zero-order chi connectivity index (χ0) is 20.6. The molecular formula is C18H22N4O6. The molecule has 0 bridgehead atoms. The largest absolute Gasteiger partial charge is 0.481 e. The summed E-state index contributed by atoms with van der Waals surface area (Å²) in [6.07, 6.45) is 2.85. The molecule has 2 heterocycles. The number of nitrogens with zero attached hydrogens (tertiary/aromatic N) is 4. The van der Waals surface area contributed by atoms with E-state index in [0.29, 0.717) is 11.4 Å². The number of esters is 1. The molecule has 150 valence electrons. The molecule has 0 N–H and O–H groups in total. The minimum absolute atomic E-state index is 0.00789. The van der Waals surface area contributed by atoms with Crippen molar-refractivity contribution in [1.29, 1.82) is 0 Å². The van der Waals surface area contributed by atoms with E-state index in [1.165, 1.54) is 26.5 Å². The van der Waals surface area contributed by atoms with Crippen molar-refractivity contribution in [3.05, 3.63) is 30.1 Å². The molecule has 0 radical (unpaired) electrons. The van der Waals surface area contributed by atoms with Gasteiger partial charge >= 0.3 is 12.0 Å². The van der Waals surface area contributed by atoms with Crippen molar-refractivity contribution < 1.29 is 28.6 Å². The van der Waals surface area contributed by atoms with Gasteiger partial charge in [-0.1, -0.05) is 5.16 Å². The molecule has 0 spiro atoms. The summed E-state index contributed by atoms with van der Waals surface area (Å²) in [4.78, 5) is 28.9. The standard InChI is InChI=1S/C18H22N4O6/c1-18(2,3)28-16(23)11-26-20-10-12-13(7-6-8-19-12)27-17-21-14(24-4)9-15(22-17)25-5/h6-10H,11H2,1-5H3/b20-10+. The minimum atomic E-state index is -0.593. The molecule has 0 aliphatic rings. The third-order valence-electron chi connectivity index (χ3n) is 2.93. The number of ether oxygens (including phenoxy) is 4. The molecular weight excluding hydrogens is 368 g/mol. The van der Waals surface area contributed by atoms with Gasteiger partial charge in [-0.25, -0.2) is 4.79 Å². The summed E-state index contributed by atoms with van der Waals surface area (Å²) < 4.78 is 20.9. The Balaban J connectivity index is 2.06. The fourth-order valence-electron chi connectivity index (χ4n) is 1.87. The molecule has 28 heavy (non-hydrogen) atoms. The van der Waals surface area contributed by atoms with Gasteiger partial charge in [0.2, 0.25) is 18.4 Å². The Morgan fingerprint density at radius 3 is 2.46 bits per heavy atom. The average Bonchev–Trinajstić information content (AvgIpc) is 2.64. The van der Waals surface area contributed by atoms with Crippen molar-refractivity contribution in [2.24, 2.45) is 5.16 Å². The number of hydrogen-bond acceptors (Lipinski definition) is 10. The second-order valence-corrected chi connectivity index (χ2v) is 6.32. The van der Waals surface area contributed by atoms with Crippen LogP contribution in [0.2, 0.25) is 0 Å². The molecule has 10 nitrogen and oxygen atoms in total. The maximum Gasteiger partial charge on any atom is 0.347 e. The molecule has 2 rings (SSSR count). The van der Waals surface area contributed by atoms with E-state index in [4.69, 9.17) is 23.8 Å². The van der Waals surface area contributed by atoms with E-state index in [1.54, 1.807) is 39.1 Å². The lowest BCUT2D eigenvalue weighted by Crippen LogP contribution is -2.26. The lowest BCUT2D eigenvalue weighted by molar-refractivity contribution is -0.160. The number of aromatic nitrogens is 3. The molecule has 0 amide bonds. The van der Waals surface area contributed by atoms with Crippen LogP contribution in [-0.2, 0) is 14.4 Å². The third kappa shape index (κ3) is 6.71. The summed E-state index contributed by atoms with van der Waals surface area (Å²) in [7, 11) is 2.94. The molecule has 10 heteroatoms. The van der Waals surface area contributed by atoms with Crippen LogP contribution in [0.25, 0.3) is 0 Å². The lowest BCUT2D eigenvalue weighted by Gasteiger charge is -2.18. The normalized spacial score (nSPS) is 11.2. The highest BCUT2D eigenvalue weighted by Gasteiger charge is 2.16. The SMILES string of the molecule is COc1cc(OC)nc(Oc2cccnc2/C=N/OCC(=O)OC(C)(C)C)n1. The average molecular weight is 390 g/mol. The van der Waals surface area contributed by atoms with Crippen LogP contribution in [0.4, 0.5) is 0 Å². The van der Waals surface area contributed by atoms with E-state index >= 15 is 0 Å². The van der Waals surface area contributed by atoms with E-state index in [0.717, 1.165) is 0 Å². The molecule has 2 aromatic heterocycles. The topological polar surface area (TPSA) is 114 Å². The van der Waals surface area contributed by atoms with Crippen molar-refractivity contribution in [2.45, 2.75) is 26.4 Å². The van der Waals surface area contributed by atoms with Crippen molar-refractivity contribution in [2.75, 3.05) is 20.8 Å². The van der Waals surface area contributed by atoms with E-state index in [2.05, 4.69) is 20.1 Å². The zero-order valence-corrected chi connectivity index (χ0v) is 16.3. The van der Waals surface area contributed by atoms with E-state index in [1.807, 2.05) is 0 Å². The van der Waals surface area contributed by atoms with Crippen LogP contribution in [0.15, 0.2) is 29.6 Å². The summed E-state index contributed by atoms with van der Waals surface area (Å²) >= 11 is 0. The van der Waals surface area contributed by atoms with Gasteiger partial charge in [-0.15, -0.1) is 0 Å². The Hall–Kier alpha value is -3.43. The predicted molar refractivity (Wildman–Crippen MR) is 98.8 cm³/mol. The second-order valence-electron chi connectivity index (χ2n) is 6.32. The summed E-state index contributed by atoms with van der Waals surface area (Å²) in [5.41, 5.74) is -0.249. The Morgan fingerprint density at radius 1 is 1.18 bits per heavy atom. The van der Waals surface area contributed by atoms with Crippen molar-refractivity contribution >= 4 is 12.2 Å². The molecule has 0 saturated carbocycles. The maximum atomic E-state index is 11.6. The number of rotatable bonds is 8. The van der Waals surface area contributed by atoms with Crippen LogP contribution in [-0.4, -0.2) is 53.6 Å². The van der Waals surface area contributed by atoms with Gasteiger partial charge in [-0.3, -0.25) is 4.98 Å². The number of carbonyl (C=O) groups excluding carboxylic acids is 1. The summed E-state index contributed by atoms with van der Waals surface area (Å²) in [5.74, 6) is 0.352. The minimum Gasteiger partial charge on any atom is -0.481 e. The number of methoxy groups -OCH3 is 2. The fraction of sp³-hybridized carbons (Fsp3) is 0.389. The Bertz CT molecular complexity index is 813. The lowest BCUT2D eigenvalue weighted by atomic mass is 10.2. The molecule has 0 aromatic carbocycles. The molecule has 0 saturated heterocycles. The van der Waals surface area contributed by atoms with Gasteiger partial charge in [0.1, 0.15) is 11.3 Å². The fourth-order valence-corrected chi connectivity index (χ4v) is 1.87. The summed E-state index contributed by atoms with van der Waals surface area (Å²) in [6.45, 7) is 4.97. The summed E-state index contributed by atoms with van der Waals surface area (Å²) in [6, 6.07) is 4.85. The molecule has 0 aliphatic carbocycles. The molecule has 0 fully saturated rings. The smallest absolute Gasteiger partial charge is 0.347 e. The van der Waals surface area contributed by atoms with Gasteiger partial charge in [-0.2, -0.15) is 9.97 Å². The Kier molecular flexibility index (Phi) is 7.08. The maximum absolute atomic E-state index is 11.6. The van der Waals surface area contributed by atoms with E-state index < -0.39 is 11.6 Å².